The zero-order valence-electron chi connectivity index (χ0n) is 19.4. The van der Waals surface area contributed by atoms with E-state index in [0.29, 0.717) is 26.0 Å². The number of amides is 1. The minimum absolute atomic E-state index is 0.0290. The average molecular weight is 443 g/mol. The zero-order valence-corrected chi connectivity index (χ0v) is 19.4. The number of esters is 1. The minimum atomic E-state index is -0.453. The first-order valence-electron chi connectivity index (χ1n) is 11.5. The molecule has 2 aliphatic heterocycles. The van der Waals surface area contributed by atoms with Crippen LogP contribution in [0.25, 0.3) is 10.4 Å². The Morgan fingerprint density at radius 1 is 1.19 bits per heavy atom. The Hall–Kier alpha value is -2.73. The van der Waals surface area contributed by atoms with Gasteiger partial charge < -0.3 is 14.4 Å². The Balaban J connectivity index is 1.71. The van der Waals surface area contributed by atoms with E-state index in [9.17, 15) is 9.59 Å². The molecule has 174 valence electrons. The molecule has 5 atom stereocenters. The molecule has 0 aliphatic carbocycles. The van der Waals surface area contributed by atoms with Crippen LogP contribution in [0, 0.1) is 23.7 Å². The second-order valence-corrected chi connectivity index (χ2v) is 9.65. The van der Waals surface area contributed by atoms with Gasteiger partial charge in [-0.1, -0.05) is 63.1 Å². The highest BCUT2D eigenvalue weighted by atomic mass is 16.6. The van der Waals surface area contributed by atoms with Crippen LogP contribution < -0.4 is 0 Å². The van der Waals surface area contributed by atoms with Crippen LogP contribution in [-0.4, -0.2) is 48.3 Å². The molecule has 8 nitrogen and oxygen atoms in total. The summed E-state index contributed by atoms with van der Waals surface area (Å²) in [6.07, 6.45) is 1.12. The summed E-state index contributed by atoms with van der Waals surface area (Å²) < 4.78 is 11.0. The summed E-state index contributed by atoms with van der Waals surface area (Å²) in [6, 6.07) is 9.58. The van der Waals surface area contributed by atoms with Crippen LogP contribution in [0.3, 0.4) is 0 Å². The van der Waals surface area contributed by atoms with Crippen LogP contribution in [0.4, 0.5) is 4.79 Å². The summed E-state index contributed by atoms with van der Waals surface area (Å²) in [4.78, 5) is 29.6. The van der Waals surface area contributed by atoms with Gasteiger partial charge in [-0.05, 0) is 48.1 Å². The van der Waals surface area contributed by atoms with Crippen molar-refractivity contribution < 1.29 is 19.1 Å². The summed E-state index contributed by atoms with van der Waals surface area (Å²) in [5.74, 6) is 0.118. The van der Waals surface area contributed by atoms with E-state index in [0.717, 1.165) is 12.0 Å². The number of benzene rings is 1. The molecular weight excluding hydrogens is 408 g/mol. The van der Waals surface area contributed by atoms with E-state index in [-0.39, 0.29) is 41.8 Å². The molecule has 0 N–H and O–H groups in total. The molecule has 2 saturated heterocycles. The van der Waals surface area contributed by atoms with Gasteiger partial charge >= 0.3 is 12.1 Å². The maximum Gasteiger partial charge on any atom is 0.410 e. The second kappa shape index (κ2) is 10.7. The summed E-state index contributed by atoms with van der Waals surface area (Å²) in [5, 5.41) is 4.01. The van der Waals surface area contributed by atoms with Gasteiger partial charge in [0.05, 0.1) is 18.0 Å². The second-order valence-electron chi connectivity index (χ2n) is 9.65. The molecule has 3 rings (SSSR count). The van der Waals surface area contributed by atoms with Crippen LogP contribution in [0.5, 0.6) is 0 Å². The van der Waals surface area contributed by atoms with E-state index in [1.54, 1.807) is 0 Å². The van der Waals surface area contributed by atoms with Crippen LogP contribution in [0.15, 0.2) is 35.4 Å². The third kappa shape index (κ3) is 5.74. The van der Waals surface area contributed by atoms with E-state index in [1.165, 1.54) is 0 Å². The lowest BCUT2D eigenvalue weighted by Gasteiger charge is -2.31. The van der Waals surface area contributed by atoms with Gasteiger partial charge in [0.25, 0.3) is 0 Å². The first kappa shape index (κ1) is 23.9. The molecule has 2 fully saturated rings. The summed E-state index contributed by atoms with van der Waals surface area (Å²) in [5.41, 5.74) is 10.3. The molecule has 0 saturated carbocycles. The molecular formula is C24H34N4O4. The molecule has 32 heavy (non-hydrogen) atoms. The Bertz CT molecular complexity index is 838. The van der Waals surface area contributed by atoms with Crippen molar-refractivity contribution in [3.63, 3.8) is 0 Å². The number of azide groups is 1. The Morgan fingerprint density at radius 3 is 2.50 bits per heavy atom. The molecule has 2 aliphatic rings. The molecule has 8 heteroatoms. The fraction of sp³-hybridized carbons (Fsp3) is 0.667. The van der Waals surface area contributed by atoms with Gasteiger partial charge in [0.1, 0.15) is 12.7 Å². The van der Waals surface area contributed by atoms with Gasteiger partial charge in [-0.2, -0.15) is 0 Å². The number of hydrogen-bond donors (Lipinski definition) is 0. The summed E-state index contributed by atoms with van der Waals surface area (Å²) in [7, 11) is 0. The third-order valence-electron chi connectivity index (χ3n) is 6.80. The Morgan fingerprint density at radius 2 is 1.91 bits per heavy atom. The Kier molecular flexibility index (Phi) is 8.02. The lowest BCUT2D eigenvalue weighted by molar-refractivity contribution is -0.146. The number of hydrogen-bond acceptors (Lipinski definition) is 5. The molecule has 0 aromatic heterocycles. The van der Waals surface area contributed by atoms with Crippen molar-refractivity contribution in [1.29, 1.82) is 0 Å². The fourth-order valence-corrected chi connectivity index (χ4v) is 4.64. The summed E-state index contributed by atoms with van der Waals surface area (Å²) >= 11 is 0. The third-order valence-corrected chi connectivity index (χ3v) is 6.80. The van der Waals surface area contributed by atoms with Gasteiger partial charge in [-0.3, -0.25) is 4.79 Å². The quantitative estimate of drug-likeness (QED) is 0.220. The van der Waals surface area contributed by atoms with Crippen LogP contribution in [0.1, 0.15) is 46.1 Å². The van der Waals surface area contributed by atoms with Crippen LogP contribution >= 0.6 is 0 Å². The fourth-order valence-electron chi connectivity index (χ4n) is 4.64. The maximum atomic E-state index is 12.5. The number of nitrogens with zero attached hydrogens (tertiary/aromatic N) is 4. The predicted molar refractivity (Wildman–Crippen MR) is 121 cm³/mol. The van der Waals surface area contributed by atoms with Crippen molar-refractivity contribution in [3.05, 3.63) is 46.3 Å². The number of rotatable bonds is 10. The van der Waals surface area contributed by atoms with E-state index in [1.807, 2.05) is 36.9 Å². The van der Waals surface area contributed by atoms with Gasteiger partial charge in [0.2, 0.25) is 0 Å². The molecule has 2 heterocycles. The first-order chi connectivity index (χ1) is 15.3. The lowest BCUT2D eigenvalue weighted by atomic mass is 9.84. The van der Waals surface area contributed by atoms with Gasteiger partial charge in [0.15, 0.2) is 0 Å². The Labute approximate surface area is 189 Å². The van der Waals surface area contributed by atoms with Crippen molar-refractivity contribution >= 4 is 12.1 Å². The molecule has 0 unspecified atom stereocenters. The van der Waals surface area contributed by atoms with Gasteiger partial charge in [-0.25, -0.2) is 4.79 Å². The molecule has 1 aromatic carbocycles. The van der Waals surface area contributed by atoms with Crippen molar-refractivity contribution in [3.8, 4) is 0 Å². The molecule has 1 aromatic rings. The largest absolute Gasteiger partial charge is 0.462 e. The number of cyclic esters (lactones) is 2. The topological polar surface area (TPSA) is 105 Å². The molecule has 0 spiro atoms. The first-order valence-corrected chi connectivity index (χ1v) is 11.5. The van der Waals surface area contributed by atoms with E-state index < -0.39 is 12.1 Å². The predicted octanol–water partition coefficient (Wildman–Crippen LogP) is 4.98. The van der Waals surface area contributed by atoms with Crippen molar-refractivity contribution in [2.75, 3.05) is 13.2 Å². The van der Waals surface area contributed by atoms with E-state index in [4.69, 9.17) is 15.0 Å². The standard InChI is InChI=1S/C24H34N4O4/c1-15(2)18(11-21(26-27-25)22-12-20(16(3)4)23(29)32-22)13-28-19(14-31-24(28)30)10-17-8-6-5-7-9-17/h5-9,15-16,18-22H,10-14H2,1-4H3/t18-,19+,20+,21+,22+/m1/s1. The number of carbonyl (C=O) groups is 2. The van der Waals surface area contributed by atoms with Crippen molar-refractivity contribution in [2.24, 2.45) is 28.8 Å². The van der Waals surface area contributed by atoms with Crippen LogP contribution in [-0.2, 0) is 20.7 Å². The van der Waals surface area contributed by atoms with E-state index >= 15 is 0 Å². The van der Waals surface area contributed by atoms with Crippen LogP contribution in [0.2, 0.25) is 0 Å². The molecule has 0 bridgehead atoms. The van der Waals surface area contributed by atoms with E-state index in [2.05, 4.69) is 36.0 Å². The maximum absolute atomic E-state index is 12.5. The monoisotopic (exact) mass is 442 g/mol. The van der Waals surface area contributed by atoms with Crippen molar-refractivity contribution in [1.82, 2.24) is 4.90 Å². The SMILES string of the molecule is CC(C)[C@H](C[C@H](N=[N+]=[N-])[C@@H]1C[C@@H](C(C)C)C(=O)O1)CN1C(=O)OC[C@@H]1Cc1ccccc1. The summed E-state index contributed by atoms with van der Waals surface area (Å²) in [6.45, 7) is 9.08. The highest BCUT2D eigenvalue weighted by Gasteiger charge is 2.42. The lowest BCUT2D eigenvalue weighted by Crippen LogP contribution is -2.41. The molecule has 0 radical (unpaired) electrons. The highest BCUT2D eigenvalue weighted by Crippen LogP contribution is 2.34. The van der Waals surface area contributed by atoms with Gasteiger partial charge in [0, 0.05) is 11.5 Å². The zero-order chi connectivity index (χ0) is 23.3. The van der Waals surface area contributed by atoms with Crippen molar-refractivity contribution in [2.45, 2.75) is 65.1 Å². The smallest absolute Gasteiger partial charge is 0.410 e. The highest BCUT2D eigenvalue weighted by molar-refractivity contribution is 5.75. The normalized spacial score (nSPS) is 24.9. The van der Waals surface area contributed by atoms with Gasteiger partial charge in [-0.15, -0.1) is 0 Å². The molecule has 1 amide bonds. The minimum Gasteiger partial charge on any atom is -0.462 e. The number of ether oxygens (including phenoxy) is 2. The average Bonchev–Trinajstić information content (AvgIpc) is 3.30. The number of carbonyl (C=O) groups excluding carboxylic acids is 2.